The topological polar surface area (TPSA) is 114 Å². The Labute approximate surface area is 248 Å². The summed E-state index contributed by atoms with van der Waals surface area (Å²) in [6, 6.07) is 9.84. The van der Waals surface area contributed by atoms with Gasteiger partial charge in [0, 0.05) is 63.0 Å². The highest BCUT2D eigenvalue weighted by atomic mass is 28.3. The molecule has 0 fully saturated rings. The van der Waals surface area contributed by atoms with Crippen molar-refractivity contribution in [3.05, 3.63) is 64.7 Å². The fraction of sp³-hybridized carbons (Fsp3) is 0.483. The molecule has 1 aromatic carbocycles. The predicted molar refractivity (Wildman–Crippen MR) is 172 cm³/mol. The van der Waals surface area contributed by atoms with E-state index in [9.17, 15) is 4.39 Å². The molecule has 0 amide bonds. The minimum absolute atomic E-state index is 0.303. The average Bonchev–Trinajstić information content (AvgIpc) is 3.34. The Bertz CT molecular complexity index is 1560. The third-order valence-electron chi connectivity index (χ3n) is 6.89. The molecule has 4 aromatic rings. The Kier molecular flexibility index (Phi) is 10.0. The molecule has 0 saturated heterocycles. The van der Waals surface area contributed by atoms with E-state index in [-0.39, 0.29) is 5.82 Å². The van der Waals surface area contributed by atoms with E-state index in [2.05, 4.69) is 54.3 Å². The molecular formula is C29H41FN8O2Si2. The van der Waals surface area contributed by atoms with Crippen LogP contribution < -0.4 is 4.90 Å². The number of nitrogens with zero attached hydrogens (tertiary/aromatic N) is 8. The van der Waals surface area contributed by atoms with Gasteiger partial charge in [-0.15, -0.1) is 0 Å². The summed E-state index contributed by atoms with van der Waals surface area (Å²) in [6.07, 6.45) is 3.46. The van der Waals surface area contributed by atoms with Crippen LogP contribution in [0.15, 0.2) is 47.8 Å². The van der Waals surface area contributed by atoms with Crippen molar-refractivity contribution in [2.45, 2.75) is 64.3 Å². The van der Waals surface area contributed by atoms with Gasteiger partial charge in [0.1, 0.15) is 25.1 Å². The number of hydrogen-bond acceptors (Lipinski definition) is 7. The van der Waals surface area contributed by atoms with Crippen molar-refractivity contribution in [1.82, 2.24) is 19.6 Å². The predicted octanol–water partition coefficient (Wildman–Crippen LogP) is 7.89. The molecule has 1 atom stereocenters. The highest BCUT2D eigenvalue weighted by Crippen LogP contribution is 2.31. The van der Waals surface area contributed by atoms with E-state index in [1.165, 1.54) is 12.1 Å². The first-order chi connectivity index (χ1) is 19.8. The standard InChI is InChI=1S/C29H41FN8O2Si2/c1-21(35-36-31)27-16-28(37(19-39-10-12-41(2,3)4)20-40-11-13-42(5,6)7)38-29(34-27)25(18-33-38)23-14-22-15-24(30)8-9-26(22)32-17-23/h8-9,14-18,21H,10-13,19-20H2,1-7H3. The smallest absolute Gasteiger partial charge is 0.165 e. The number of anilines is 1. The quantitative estimate of drug-likeness (QED) is 0.0359. The Morgan fingerprint density at radius 2 is 1.67 bits per heavy atom. The molecule has 0 saturated carbocycles. The summed E-state index contributed by atoms with van der Waals surface area (Å²) in [4.78, 5) is 14.4. The van der Waals surface area contributed by atoms with E-state index in [4.69, 9.17) is 25.1 Å². The second-order valence-corrected chi connectivity index (χ2v) is 24.3. The molecule has 1 unspecified atom stereocenters. The number of aromatic nitrogens is 4. The summed E-state index contributed by atoms with van der Waals surface area (Å²) in [5, 5.41) is 9.29. The van der Waals surface area contributed by atoms with Gasteiger partial charge in [0.25, 0.3) is 0 Å². The van der Waals surface area contributed by atoms with Crippen molar-refractivity contribution in [3.63, 3.8) is 0 Å². The minimum Gasteiger partial charge on any atom is -0.361 e. The van der Waals surface area contributed by atoms with E-state index in [0.29, 0.717) is 54.7 Å². The van der Waals surface area contributed by atoms with Crippen molar-refractivity contribution in [1.29, 1.82) is 0 Å². The number of benzene rings is 1. The monoisotopic (exact) mass is 608 g/mol. The van der Waals surface area contributed by atoms with Gasteiger partial charge in [-0.3, -0.25) is 4.98 Å². The Hall–Kier alpha value is -3.36. The van der Waals surface area contributed by atoms with Crippen LogP contribution in [0.4, 0.5) is 10.2 Å². The van der Waals surface area contributed by atoms with Gasteiger partial charge in [0.05, 0.1) is 23.4 Å². The maximum absolute atomic E-state index is 14.0. The molecule has 0 bridgehead atoms. The van der Waals surface area contributed by atoms with Crippen LogP contribution in [0.5, 0.6) is 0 Å². The molecule has 4 rings (SSSR count). The molecule has 3 heterocycles. The van der Waals surface area contributed by atoms with Crippen LogP contribution >= 0.6 is 0 Å². The number of hydrogen-bond donors (Lipinski definition) is 0. The van der Waals surface area contributed by atoms with Crippen LogP contribution in [0.3, 0.4) is 0 Å². The lowest BCUT2D eigenvalue weighted by molar-refractivity contribution is 0.0942. The molecule has 0 radical (unpaired) electrons. The lowest BCUT2D eigenvalue weighted by Crippen LogP contribution is -2.33. The first kappa shape index (κ1) is 31.6. The highest BCUT2D eigenvalue weighted by molar-refractivity contribution is 6.76. The molecule has 3 aromatic heterocycles. The fourth-order valence-electron chi connectivity index (χ4n) is 4.27. The Balaban J connectivity index is 1.77. The number of ether oxygens (including phenoxy) is 2. The molecular weight excluding hydrogens is 568 g/mol. The first-order valence-electron chi connectivity index (χ1n) is 14.2. The molecule has 10 nitrogen and oxygen atoms in total. The number of fused-ring (bicyclic) bond motifs is 2. The van der Waals surface area contributed by atoms with Gasteiger partial charge in [-0.05, 0) is 41.9 Å². The van der Waals surface area contributed by atoms with Gasteiger partial charge >= 0.3 is 0 Å². The highest BCUT2D eigenvalue weighted by Gasteiger charge is 2.21. The molecule has 0 aliphatic heterocycles. The van der Waals surface area contributed by atoms with Crippen LogP contribution in [0, 0.1) is 5.82 Å². The zero-order valence-electron chi connectivity index (χ0n) is 25.6. The number of rotatable bonds is 14. The lowest BCUT2D eigenvalue weighted by Gasteiger charge is -2.27. The van der Waals surface area contributed by atoms with Gasteiger partial charge in [0.15, 0.2) is 5.65 Å². The van der Waals surface area contributed by atoms with Gasteiger partial charge in [-0.25, -0.2) is 9.37 Å². The average molecular weight is 609 g/mol. The maximum atomic E-state index is 14.0. The summed E-state index contributed by atoms with van der Waals surface area (Å²) < 4.78 is 28.1. The number of halogens is 1. The molecule has 0 spiro atoms. The molecule has 0 N–H and O–H groups in total. The van der Waals surface area contributed by atoms with Crippen LogP contribution in [-0.4, -0.2) is 62.4 Å². The molecule has 224 valence electrons. The van der Waals surface area contributed by atoms with Crippen molar-refractivity contribution in [2.24, 2.45) is 5.11 Å². The Morgan fingerprint density at radius 3 is 2.29 bits per heavy atom. The summed E-state index contributed by atoms with van der Waals surface area (Å²) >= 11 is 0. The largest absolute Gasteiger partial charge is 0.361 e. The molecule has 13 heteroatoms. The van der Waals surface area contributed by atoms with E-state index < -0.39 is 22.2 Å². The Morgan fingerprint density at radius 1 is 1.00 bits per heavy atom. The van der Waals surface area contributed by atoms with E-state index >= 15 is 0 Å². The van der Waals surface area contributed by atoms with Crippen molar-refractivity contribution >= 4 is 38.5 Å². The molecule has 0 aliphatic rings. The summed E-state index contributed by atoms with van der Waals surface area (Å²) in [6.45, 7) is 17.7. The second-order valence-electron chi connectivity index (χ2n) is 13.0. The summed E-state index contributed by atoms with van der Waals surface area (Å²) in [5.74, 6) is 0.383. The van der Waals surface area contributed by atoms with Crippen molar-refractivity contribution in [3.8, 4) is 11.1 Å². The molecule has 42 heavy (non-hydrogen) atoms. The zero-order valence-corrected chi connectivity index (χ0v) is 27.6. The summed E-state index contributed by atoms with van der Waals surface area (Å²) in [7, 11) is -2.54. The van der Waals surface area contributed by atoms with E-state index in [1.807, 2.05) is 17.0 Å². The maximum Gasteiger partial charge on any atom is 0.165 e. The minimum atomic E-state index is -1.27. The van der Waals surface area contributed by atoms with Crippen LogP contribution in [0.2, 0.25) is 51.4 Å². The zero-order chi connectivity index (χ0) is 30.5. The van der Waals surface area contributed by atoms with Crippen LogP contribution in [0.25, 0.3) is 38.1 Å². The van der Waals surface area contributed by atoms with Gasteiger partial charge in [-0.1, -0.05) is 51.3 Å². The summed E-state index contributed by atoms with van der Waals surface area (Å²) in [5.41, 5.74) is 12.5. The number of azide groups is 1. The van der Waals surface area contributed by atoms with E-state index in [1.54, 1.807) is 29.9 Å². The third kappa shape index (κ3) is 8.36. The third-order valence-corrected chi connectivity index (χ3v) is 10.3. The first-order valence-corrected chi connectivity index (χ1v) is 21.6. The fourth-order valence-corrected chi connectivity index (χ4v) is 5.78. The van der Waals surface area contributed by atoms with Gasteiger partial charge in [0.2, 0.25) is 0 Å². The molecule has 0 aliphatic carbocycles. The lowest BCUT2D eigenvalue weighted by atomic mass is 10.1. The van der Waals surface area contributed by atoms with E-state index in [0.717, 1.165) is 23.2 Å². The normalized spacial score (nSPS) is 13.0. The van der Waals surface area contributed by atoms with Crippen LogP contribution in [-0.2, 0) is 9.47 Å². The van der Waals surface area contributed by atoms with Gasteiger partial charge < -0.3 is 14.4 Å². The second kappa shape index (κ2) is 13.3. The van der Waals surface area contributed by atoms with Crippen molar-refractivity contribution in [2.75, 3.05) is 31.6 Å². The SMILES string of the molecule is CC(N=[N+]=[N-])c1cc(N(COCC[Si](C)(C)C)COCC[Si](C)(C)C)n2ncc(-c3cnc4ccc(F)cc4c3)c2n1. The van der Waals surface area contributed by atoms with Crippen LogP contribution in [0.1, 0.15) is 18.7 Å². The van der Waals surface area contributed by atoms with Crippen molar-refractivity contribution < 1.29 is 13.9 Å². The van der Waals surface area contributed by atoms with Gasteiger partial charge in [-0.2, -0.15) is 9.61 Å². The number of pyridine rings is 1.